The monoisotopic (exact) mass is 499 g/mol. The van der Waals surface area contributed by atoms with Crippen LogP contribution < -0.4 is 11.2 Å². The predicted octanol–water partition coefficient (Wildman–Crippen LogP) is 2.93. The summed E-state index contributed by atoms with van der Waals surface area (Å²) in [6.07, 6.45) is 3.34. The first-order valence-electron chi connectivity index (χ1n) is 11.3. The number of aromatic nitrogens is 2. The molecule has 188 valence electrons. The lowest BCUT2D eigenvalue weighted by Crippen LogP contribution is -2.33. The number of hydrogen-bond donors (Lipinski definition) is 1. The van der Waals surface area contributed by atoms with Gasteiger partial charge >= 0.3 is 19.3 Å². The molecule has 1 saturated heterocycles. The maximum atomic E-state index is 13.5. The first kappa shape index (κ1) is 26.2. The first-order valence-corrected chi connectivity index (χ1v) is 13.1. The minimum absolute atomic E-state index is 0.127. The van der Waals surface area contributed by atoms with Crippen molar-refractivity contribution in [3.63, 3.8) is 0 Å². The number of rotatable bonds is 10. The molecule has 4 atom stereocenters. The summed E-state index contributed by atoms with van der Waals surface area (Å²) >= 11 is 0. The van der Waals surface area contributed by atoms with E-state index in [1.165, 1.54) is 10.8 Å². The number of carbonyl (C=O) groups excluding carboxylic acids is 1. The van der Waals surface area contributed by atoms with Crippen molar-refractivity contribution in [2.75, 3.05) is 19.4 Å². The van der Waals surface area contributed by atoms with Gasteiger partial charge in [0.1, 0.15) is 12.4 Å². The molecule has 34 heavy (non-hydrogen) atoms. The Hall–Kier alpha value is -2.43. The Kier molecular flexibility index (Phi) is 9.10. The molecule has 1 aromatic rings. The fourth-order valence-corrected chi connectivity index (χ4v) is 5.76. The number of aryl methyl sites for hydroxylation is 1. The lowest BCUT2D eigenvalue weighted by atomic mass is 9.98. The third-order valence-corrected chi connectivity index (χ3v) is 7.59. The maximum absolute atomic E-state index is 13.5. The van der Waals surface area contributed by atoms with Gasteiger partial charge < -0.3 is 18.5 Å². The fraction of sp³-hybridized carbons (Fsp3) is 0.750. The summed E-state index contributed by atoms with van der Waals surface area (Å²) in [5.41, 5.74) is 8.09. The number of azide groups is 1. The number of nitrogens with zero attached hydrogens (tertiary/aromatic N) is 4. The van der Waals surface area contributed by atoms with Gasteiger partial charge in [-0.3, -0.25) is 23.7 Å². The van der Waals surface area contributed by atoms with Crippen molar-refractivity contribution in [3.05, 3.63) is 43.0 Å². The van der Waals surface area contributed by atoms with Gasteiger partial charge in [-0.05, 0) is 32.2 Å². The minimum Gasteiger partial charge on any atom is -0.466 e. The molecule has 1 saturated carbocycles. The summed E-state index contributed by atoms with van der Waals surface area (Å²) < 4.78 is 36.9. The van der Waals surface area contributed by atoms with Crippen LogP contribution in [0.3, 0.4) is 0 Å². The van der Waals surface area contributed by atoms with E-state index in [0.717, 1.165) is 19.3 Å². The van der Waals surface area contributed by atoms with Crippen LogP contribution in [0.25, 0.3) is 10.4 Å². The van der Waals surface area contributed by atoms with Gasteiger partial charge in [-0.15, -0.1) is 0 Å². The van der Waals surface area contributed by atoms with Gasteiger partial charge in [0.15, 0.2) is 0 Å². The molecular weight excluding hydrogens is 469 g/mol. The van der Waals surface area contributed by atoms with E-state index in [2.05, 4.69) is 15.0 Å². The third kappa shape index (κ3) is 6.80. The molecule has 2 heterocycles. The highest BCUT2D eigenvalue weighted by Crippen LogP contribution is 2.51. The number of esters is 1. The number of hydrogen-bond acceptors (Lipinski definition) is 9. The van der Waals surface area contributed by atoms with Gasteiger partial charge in [0.05, 0.1) is 31.5 Å². The minimum atomic E-state index is -3.89. The van der Waals surface area contributed by atoms with Crippen molar-refractivity contribution < 1.29 is 27.9 Å². The molecule has 0 bridgehead atoms. The Labute approximate surface area is 195 Å². The van der Waals surface area contributed by atoms with Gasteiger partial charge in [0.2, 0.25) is 0 Å². The number of H-pyrrole nitrogens is 1. The molecule has 2 aliphatic rings. The topological polar surface area (TPSA) is 175 Å². The van der Waals surface area contributed by atoms with Crippen molar-refractivity contribution in [1.29, 1.82) is 0 Å². The molecule has 1 aliphatic carbocycles. The first-order chi connectivity index (χ1) is 16.2. The van der Waals surface area contributed by atoms with E-state index in [9.17, 15) is 18.9 Å². The van der Waals surface area contributed by atoms with Crippen LogP contribution in [0.15, 0.2) is 20.9 Å². The van der Waals surface area contributed by atoms with Gasteiger partial charge in [-0.1, -0.05) is 24.4 Å². The molecule has 3 rings (SSSR count). The molecule has 0 amide bonds. The van der Waals surface area contributed by atoms with Gasteiger partial charge in [0.25, 0.3) is 5.56 Å². The van der Waals surface area contributed by atoms with E-state index >= 15 is 0 Å². The quantitative estimate of drug-likeness (QED) is 0.168. The van der Waals surface area contributed by atoms with Gasteiger partial charge in [-0.25, -0.2) is 4.79 Å². The third-order valence-electron chi connectivity index (χ3n) is 5.79. The Morgan fingerprint density at radius 2 is 2.09 bits per heavy atom. The highest BCUT2D eigenvalue weighted by atomic mass is 31.2. The molecule has 0 radical (unpaired) electrons. The second-order valence-corrected chi connectivity index (χ2v) is 10.4. The van der Waals surface area contributed by atoms with Crippen molar-refractivity contribution in [2.24, 2.45) is 5.11 Å². The van der Waals surface area contributed by atoms with E-state index < -0.39 is 49.3 Å². The van der Waals surface area contributed by atoms with Crippen LogP contribution >= 0.6 is 7.60 Å². The average Bonchev–Trinajstić information content (AvgIpc) is 3.18. The molecule has 1 aromatic heterocycles. The SMILES string of the molecule is CCOC(=O)CP(=O)(OCC1OC(n2cc(C)c(=O)[nH]c2=O)CC1N=[N+]=[N-])OC1CCCCC1. The summed E-state index contributed by atoms with van der Waals surface area (Å²) in [6, 6.07) is -0.736. The van der Waals surface area contributed by atoms with Gasteiger partial charge in [-0.2, -0.15) is 0 Å². The van der Waals surface area contributed by atoms with Crippen LogP contribution in [0.1, 0.15) is 57.2 Å². The number of ether oxygens (including phenoxy) is 2. The van der Waals surface area contributed by atoms with Crippen LogP contribution in [0.4, 0.5) is 0 Å². The normalized spacial score (nSPS) is 24.8. The Bertz CT molecular complexity index is 1080. The summed E-state index contributed by atoms with van der Waals surface area (Å²) in [6.45, 7) is 3.02. The van der Waals surface area contributed by atoms with Crippen LogP contribution in [0, 0.1) is 6.92 Å². The number of carbonyl (C=O) groups is 1. The molecule has 0 aromatic carbocycles. The smallest absolute Gasteiger partial charge is 0.342 e. The van der Waals surface area contributed by atoms with Crippen molar-refractivity contribution >= 4 is 13.6 Å². The van der Waals surface area contributed by atoms with E-state index in [0.29, 0.717) is 18.4 Å². The zero-order chi connectivity index (χ0) is 24.7. The Balaban J connectivity index is 1.75. The standard InChI is InChI=1S/C20H30N5O8P/c1-3-30-18(26)12-34(29,33-14-7-5-4-6-8-14)31-11-16-15(23-24-21)9-17(32-16)25-10-13(2)19(27)22-20(25)28/h10,14-17H,3-9,11-12H2,1-2H3,(H,22,27,28). The molecule has 4 unspecified atom stereocenters. The second-order valence-electron chi connectivity index (χ2n) is 8.35. The molecule has 1 N–H and O–H groups in total. The fourth-order valence-electron chi connectivity index (χ4n) is 4.09. The molecule has 2 fully saturated rings. The summed E-state index contributed by atoms with van der Waals surface area (Å²) in [5.74, 6) is -0.700. The van der Waals surface area contributed by atoms with Crippen molar-refractivity contribution in [3.8, 4) is 0 Å². The highest BCUT2D eigenvalue weighted by Gasteiger charge is 2.40. The second kappa shape index (κ2) is 11.8. The lowest BCUT2D eigenvalue weighted by molar-refractivity contribution is -0.140. The highest BCUT2D eigenvalue weighted by molar-refractivity contribution is 7.54. The van der Waals surface area contributed by atoms with Crippen LogP contribution in [0.2, 0.25) is 0 Å². The molecular formula is C20H30N5O8P. The van der Waals surface area contributed by atoms with Gasteiger partial charge in [0, 0.05) is 23.1 Å². The Morgan fingerprint density at radius 3 is 2.76 bits per heavy atom. The largest absolute Gasteiger partial charge is 0.466 e. The average molecular weight is 499 g/mol. The van der Waals surface area contributed by atoms with Crippen LogP contribution in [-0.2, 0) is 27.9 Å². The summed E-state index contributed by atoms with van der Waals surface area (Å²) in [4.78, 5) is 41.0. The number of aromatic amines is 1. The van der Waals surface area contributed by atoms with E-state index in [1.54, 1.807) is 13.8 Å². The lowest BCUT2D eigenvalue weighted by Gasteiger charge is -2.28. The number of nitrogens with one attached hydrogen (secondary N) is 1. The Morgan fingerprint density at radius 1 is 1.35 bits per heavy atom. The van der Waals surface area contributed by atoms with Crippen LogP contribution in [0.5, 0.6) is 0 Å². The van der Waals surface area contributed by atoms with Crippen molar-refractivity contribution in [1.82, 2.24) is 9.55 Å². The van der Waals surface area contributed by atoms with E-state index in [4.69, 9.17) is 24.1 Å². The maximum Gasteiger partial charge on any atom is 0.342 e. The molecule has 13 nitrogen and oxygen atoms in total. The van der Waals surface area contributed by atoms with E-state index in [1.807, 2.05) is 0 Å². The van der Waals surface area contributed by atoms with E-state index in [-0.39, 0.29) is 25.7 Å². The zero-order valence-electron chi connectivity index (χ0n) is 19.3. The zero-order valence-corrected chi connectivity index (χ0v) is 20.1. The summed E-state index contributed by atoms with van der Waals surface area (Å²) in [5, 5.41) is 3.72. The molecule has 0 spiro atoms. The summed E-state index contributed by atoms with van der Waals surface area (Å²) in [7, 11) is -3.89. The van der Waals surface area contributed by atoms with Crippen LogP contribution in [-0.4, -0.2) is 53.1 Å². The van der Waals surface area contributed by atoms with Crippen molar-refractivity contribution in [2.45, 2.75) is 76.9 Å². The molecule has 14 heteroatoms. The predicted molar refractivity (Wildman–Crippen MR) is 121 cm³/mol. The molecule has 1 aliphatic heterocycles.